The van der Waals surface area contributed by atoms with Gasteiger partial charge in [-0.15, -0.1) is 0 Å². The zero-order chi connectivity index (χ0) is 20.7. The minimum Gasteiger partial charge on any atom is -0.454 e. The van der Waals surface area contributed by atoms with Crippen LogP contribution in [0.2, 0.25) is 0 Å². The topological polar surface area (TPSA) is 61.5 Å². The summed E-state index contributed by atoms with van der Waals surface area (Å²) >= 11 is 0. The first kappa shape index (κ1) is 18.9. The lowest BCUT2D eigenvalue weighted by molar-refractivity contribution is -0.120. The van der Waals surface area contributed by atoms with E-state index < -0.39 is 0 Å². The summed E-state index contributed by atoms with van der Waals surface area (Å²) in [6.45, 7) is 2.88. The normalized spacial score (nSPS) is 15.8. The Morgan fingerprint density at radius 3 is 2.60 bits per heavy atom. The third-order valence-corrected chi connectivity index (χ3v) is 6.34. The minimum absolute atomic E-state index is 0. The maximum Gasteiger partial charge on any atom is 0.231 e. The van der Waals surface area contributed by atoms with Crippen LogP contribution in [0.4, 0.5) is 0 Å². The lowest BCUT2D eigenvalue weighted by Gasteiger charge is -2.16. The SMILES string of the molecule is Cc1cc(CC(=O)C2(c3ccc4c(c3)OCO4)CC2)ccc1-c1cccc(CN)c1.[HH]. The van der Waals surface area contributed by atoms with Gasteiger partial charge in [0.05, 0.1) is 5.41 Å². The molecule has 0 saturated heterocycles. The number of Topliss-reactive ketones (excluding diaryl/α,β-unsaturated/α-hetero) is 1. The van der Waals surface area contributed by atoms with Gasteiger partial charge in [-0.1, -0.05) is 42.5 Å². The Morgan fingerprint density at radius 1 is 1.00 bits per heavy atom. The Hall–Kier alpha value is -3.11. The second kappa shape index (κ2) is 7.29. The van der Waals surface area contributed by atoms with E-state index in [2.05, 4.69) is 37.3 Å². The number of rotatable bonds is 6. The lowest BCUT2D eigenvalue weighted by atomic mass is 9.87. The van der Waals surface area contributed by atoms with Gasteiger partial charge < -0.3 is 15.2 Å². The molecule has 5 rings (SSSR count). The highest BCUT2D eigenvalue weighted by Crippen LogP contribution is 2.51. The fourth-order valence-electron chi connectivity index (χ4n) is 4.43. The Bertz CT molecular complexity index is 1140. The minimum atomic E-state index is -0.372. The monoisotopic (exact) mass is 401 g/mol. The molecule has 0 spiro atoms. The molecule has 4 heteroatoms. The largest absolute Gasteiger partial charge is 0.454 e. The Kier molecular flexibility index (Phi) is 4.59. The van der Waals surface area contributed by atoms with Gasteiger partial charge in [-0.3, -0.25) is 4.79 Å². The van der Waals surface area contributed by atoms with Gasteiger partial charge >= 0.3 is 0 Å². The summed E-state index contributed by atoms with van der Waals surface area (Å²) in [5.41, 5.74) is 12.1. The fourth-order valence-corrected chi connectivity index (χ4v) is 4.43. The van der Waals surface area contributed by atoms with Crippen LogP contribution in [0.15, 0.2) is 60.7 Å². The summed E-state index contributed by atoms with van der Waals surface area (Å²) in [7, 11) is 0. The van der Waals surface area contributed by atoms with E-state index in [-0.39, 0.29) is 19.4 Å². The molecule has 154 valence electrons. The summed E-state index contributed by atoms with van der Waals surface area (Å²) in [6.07, 6.45) is 2.24. The molecule has 2 aliphatic rings. The second-order valence-corrected chi connectivity index (χ2v) is 8.30. The third-order valence-electron chi connectivity index (χ3n) is 6.34. The molecule has 3 aromatic rings. The lowest BCUT2D eigenvalue weighted by Crippen LogP contribution is -2.22. The van der Waals surface area contributed by atoms with Crippen molar-refractivity contribution in [2.75, 3.05) is 6.79 Å². The predicted octanol–water partition coefficient (Wildman–Crippen LogP) is 4.94. The first-order valence-corrected chi connectivity index (χ1v) is 10.4. The van der Waals surface area contributed by atoms with Crippen molar-refractivity contribution < 1.29 is 15.7 Å². The van der Waals surface area contributed by atoms with Crippen LogP contribution < -0.4 is 15.2 Å². The van der Waals surface area contributed by atoms with E-state index in [1.165, 1.54) is 11.1 Å². The van der Waals surface area contributed by atoms with Crippen LogP contribution in [0.5, 0.6) is 11.5 Å². The number of nitrogens with two attached hydrogens (primary N) is 1. The summed E-state index contributed by atoms with van der Waals surface area (Å²) in [5, 5.41) is 0. The molecule has 0 amide bonds. The molecule has 1 aliphatic carbocycles. The average Bonchev–Trinajstić information content (AvgIpc) is 3.45. The molecule has 0 bridgehead atoms. The number of fused-ring (bicyclic) bond motifs is 1. The molecule has 1 aliphatic heterocycles. The average molecular weight is 402 g/mol. The van der Waals surface area contributed by atoms with Crippen molar-refractivity contribution in [3.63, 3.8) is 0 Å². The molecule has 3 aromatic carbocycles. The molecule has 0 atom stereocenters. The van der Waals surface area contributed by atoms with Crippen LogP contribution in [0.3, 0.4) is 0 Å². The number of carbonyl (C=O) groups is 1. The van der Waals surface area contributed by atoms with E-state index in [1.54, 1.807) is 0 Å². The zero-order valence-corrected chi connectivity index (χ0v) is 17.1. The maximum absolute atomic E-state index is 13.3. The highest BCUT2D eigenvalue weighted by Gasteiger charge is 2.50. The number of carbonyl (C=O) groups excluding carboxylic acids is 1. The van der Waals surface area contributed by atoms with Crippen molar-refractivity contribution in [3.05, 3.63) is 82.9 Å². The predicted molar refractivity (Wildman–Crippen MR) is 119 cm³/mol. The van der Waals surface area contributed by atoms with E-state index in [0.717, 1.165) is 46.6 Å². The number of ether oxygens (including phenoxy) is 2. The van der Waals surface area contributed by atoms with Crippen LogP contribution in [0.25, 0.3) is 11.1 Å². The van der Waals surface area contributed by atoms with E-state index in [4.69, 9.17) is 15.2 Å². The van der Waals surface area contributed by atoms with Crippen molar-refractivity contribution >= 4 is 5.78 Å². The molecule has 4 nitrogen and oxygen atoms in total. The number of benzene rings is 3. The smallest absolute Gasteiger partial charge is 0.231 e. The summed E-state index contributed by atoms with van der Waals surface area (Å²) in [6, 6.07) is 20.5. The Labute approximate surface area is 178 Å². The van der Waals surface area contributed by atoms with Crippen LogP contribution in [0, 0.1) is 6.92 Å². The molecule has 0 unspecified atom stereocenters. The summed E-state index contributed by atoms with van der Waals surface area (Å²) < 4.78 is 10.9. The Balaban J connectivity index is 0.00000231. The summed E-state index contributed by atoms with van der Waals surface area (Å²) in [4.78, 5) is 13.3. The van der Waals surface area contributed by atoms with Crippen LogP contribution in [0.1, 0.15) is 36.5 Å². The highest BCUT2D eigenvalue weighted by molar-refractivity contribution is 5.95. The van der Waals surface area contributed by atoms with Gasteiger partial charge in [0, 0.05) is 14.4 Å². The standard InChI is InChI=1S/C26H25NO3.H2/c1-17-11-18(5-7-22(17)20-4-2-3-19(12-20)15-27)13-25(28)26(9-10-26)21-6-8-23-24(14-21)30-16-29-23;/h2-8,11-12,14H,9-10,13,15-16,27H2,1H3;1H. The molecular formula is C26H27NO3. The van der Waals surface area contributed by atoms with Gasteiger partial charge in [0.25, 0.3) is 0 Å². The van der Waals surface area contributed by atoms with E-state index >= 15 is 0 Å². The van der Waals surface area contributed by atoms with Crippen molar-refractivity contribution in [3.8, 4) is 22.6 Å². The Morgan fingerprint density at radius 2 is 1.83 bits per heavy atom. The molecular weight excluding hydrogens is 374 g/mol. The molecule has 1 heterocycles. The molecule has 0 aromatic heterocycles. The quantitative estimate of drug-likeness (QED) is 0.636. The van der Waals surface area contributed by atoms with Gasteiger partial charge in [0.1, 0.15) is 5.78 Å². The molecule has 0 radical (unpaired) electrons. The van der Waals surface area contributed by atoms with Gasteiger partial charge in [0.15, 0.2) is 11.5 Å². The molecule has 30 heavy (non-hydrogen) atoms. The molecule has 1 fully saturated rings. The maximum atomic E-state index is 13.3. The van der Waals surface area contributed by atoms with Gasteiger partial charge in [0.2, 0.25) is 6.79 Å². The second-order valence-electron chi connectivity index (χ2n) is 8.30. The van der Waals surface area contributed by atoms with Crippen molar-refractivity contribution in [2.24, 2.45) is 5.73 Å². The first-order chi connectivity index (χ1) is 14.6. The number of hydrogen-bond donors (Lipinski definition) is 1. The van der Waals surface area contributed by atoms with Crippen molar-refractivity contribution in [1.82, 2.24) is 0 Å². The van der Waals surface area contributed by atoms with Crippen LogP contribution >= 0.6 is 0 Å². The first-order valence-electron chi connectivity index (χ1n) is 10.4. The number of ketones is 1. The van der Waals surface area contributed by atoms with Crippen molar-refractivity contribution in [1.29, 1.82) is 0 Å². The molecule has 1 saturated carbocycles. The zero-order valence-electron chi connectivity index (χ0n) is 17.1. The van der Waals surface area contributed by atoms with Crippen LogP contribution in [-0.4, -0.2) is 12.6 Å². The summed E-state index contributed by atoms with van der Waals surface area (Å²) in [5.74, 6) is 1.78. The van der Waals surface area contributed by atoms with Gasteiger partial charge in [-0.25, -0.2) is 0 Å². The fraction of sp³-hybridized carbons (Fsp3) is 0.269. The third kappa shape index (κ3) is 3.27. The van der Waals surface area contributed by atoms with Gasteiger partial charge in [-0.05, 0) is 71.3 Å². The van der Waals surface area contributed by atoms with Crippen molar-refractivity contribution in [2.45, 2.75) is 38.1 Å². The number of aryl methyl sites for hydroxylation is 1. The van der Waals surface area contributed by atoms with Crippen LogP contribution in [-0.2, 0) is 23.2 Å². The number of hydrogen-bond acceptors (Lipinski definition) is 4. The van der Waals surface area contributed by atoms with Gasteiger partial charge in [-0.2, -0.15) is 0 Å². The molecule has 2 N–H and O–H groups in total. The van der Waals surface area contributed by atoms with E-state index in [1.807, 2.05) is 30.3 Å². The highest BCUT2D eigenvalue weighted by atomic mass is 16.7. The van der Waals surface area contributed by atoms with E-state index in [0.29, 0.717) is 13.0 Å². The van der Waals surface area contributed by atoms with E-state index in [9.17, 15) is 4.79 Å².